The van der Waals surface area contributed by atoms with Gasteiger partial charge in [-0.2, -0.15) is 5.26 Å². The van der Waals surface area contributed by atoms with Gasteiger partial charge in [0.15, 0.2) is 0 Å². The van der Waals surface area contributed by atoms with E-state index in [1.54, 1.807) is 0 Å². The molecule has 0 aromatic heterocycles. The highest BCUT2D eigenvalue weighted by Crippen LogP contribution is 2.33. The van der Waals surface area contributed by atoms with Gasteiger partial charge in [0.1, 0.15) is 40.6 Å². The minimum Gasteiger partial charge on any atom is -0.493 e. The van der Waals surface area contributed by atoms with E-state index in [2.05, 4.69) is 6.92 Å². The van der Waals surface area contributed by atoms with Gasteiger partial charge in [-0.25, -0.2) is 18.0 Å². The molecule has 1 fully saturated rings. The fraction of sp³-hybridized carbons (Fsp3) is 0.517. The lowest BCUT2D eigenvalue weighted by Gasteiger charge is -2.28. The van der Waals surface area contributed by atoms with Gasteiger partial charge in [-0.15, -0.1) is 0 Å². The molecule has 0 bridgehead atoms. The Hall–Kier alpha value is -3.01. The SMILES string of the molecule is CCCCCCCCC1CCC(COc2ccc(C(=O)Oc3cc(F)c(C#N)c(F)c3)c(F)c2)CC1. The second-order valence-corrected chi connectivity index (χ2v) is 9.66. The van der Waals surface area contributed by atoms with E-state index in [9.17, 15) is 18.0 Å². The lowest BCUT2D eigenvalue weighted by atomic mass is 9.80. The molecular weight excluding hydrogens is 467 g/mol. The Balaban J connectivity index is 1.43. The highest BCUT2D eigenvalue weighted by atomic mass is 19.1. The first-order chi connectivity index (χ1) is 17.4. The van der Waals surface area contributed by atoms with Crippen molar-refractivity contribution in [3.05, 3.63) is 58.9 Å². The van der Waals surface area contributed by atoms with Gasteiger partial charge in [0.05, 0.1) is 12.2 Å². The monoisotopic (exact) mass is 501 g/mol. The van der Waals surface area contributed by atoms with Gasteiger partial charge in [0.2, 0.25) is 0 Å². The van der Waals surface area contributed by atoms with Crippen molar-refractivity contribution in [2.45, 2.75) is 77.6 Å². The van der Waals surface area contributed by atoms with Crippen LogP contribution in [0.1, 0.15) is 93.5 Å². The average Bonchev–Trinajstić information content (AvgIpc) is 2.85. The average molecular weight is 502 g/mol. The number of esters is 1. The fourth-order valence-corrected chi connectivity index (χ4v) is 4.74. The summed E-state index contributed by atoms with van der Waals surface area (Å²) in [6.45, 7) is 2.73. The van der Waals surface area contributed by atoms with Crippen LogP contribution in [-0.2, 0) is 0 Å². The summed E-state index contributed by atoms with van der Waals surface area (Å²) in [5.74, 6) is -3.20. The third-order valence-electron chi connectivity index (χ3n) is 6.92. The summed E-state index contributed by atoms with van der Waals surface area (Å²) in [6, 6.07) is 6.60. The molecule has 0 heterocycles. The maximum Gasteiger partial charge on any atom is 0.346 e. The molecule has 0 aliphatic heterocycles. The van der Waals surface area contributed by atoms with E-state index in [1.165, 1.54) is 76.0 Å². The molecule has 0 spiro atoms. The zero-order valence-corrected chi connectivity index (χ0v) is 20.8. The van der Waals surface area contributed by atoms with E-state index in [0.717, 1.165) is 24.8 Å². The predicted octanol–water partition coefficient (Wildman–Crippen LogP) is 8.13. The van der Waals surface area contributed by atoms with Crippen LogP contribution in [-0.4, -0.2) is 12.6 Å². The Bertz CT molecular complexity index is 1040. The Morgan fingerprint density at radius 2 is 1.50 bits per heavy atom. The first kappa shape index (κ1) is 27.6. The van der Waals surface area contributed by atoms with E-state index < -0.39 is 34.7 Å². The van der Waals surface area contributed by atoms with E-state index >= 15 is 0 Å². The lowest BCUT2D eigenvalue weighted by Crippen LogP contribution is -2.20. The Kier molecular flexibility index (Phi) is 10.7. The van der Waals surface area contributed by atoms with Crippen LogP contribution in [0.15, 0.2) is 30.3 Å². The predicted molar refractivity (Wildman–Crippen MR) is 131 cm³/mol. The van der Waals surface area contributed by atoms with Gasteiger partial charge in [0, 0.05) is 18.2 Å². The molecule has 1 saturated carbocycles. The molecule has 0 atom stereocenters. The van der Waals surface area contributed by atoms with Crippen LogP contribution in [0.5, 0.6) is 11.5 Å². The third kappa shape index (κ3) is 8.01. The quantitative estimate of drug-likeness (QED) is 0.167. The van der Waals surface area contributed by atoms with Gasteiger partial charge in [-0.3, -0.25) is 0 Å². The number of ether oxygens (including phenoxy) is 2. The second-order valence-electron chi connectivity index (χ2n) is 9.66. The van der Waals surface area contributed by atoms with E-state index in [1.807, 2.05) is 0 Å². The van der Waals surface area contributed by atoms with E-state index in [0.29, 0.717) is 30.4 Å². The number of hydrogen-bond donors (Lipinski definition) is 0. The molecule has 0 unspecified atom stereocenters. The fourth-order valence-electron chi connectivity index (χ4n) is 4.74. The Labute approximate surface area is 211 Å². The molecule has 3 rings (SSSR count). The summed E-state index contributed by atoms with van der Waals surface area (Å²) < 4.78 is 52.7. The third-order valence-corrected chi connectivity index (χ3v) is 6.92. The molecule has 36 heavy (non-hydrogen) atoms. The first-order valence-corrected chi connectivity index (χ1v) is 12.9. The maximum atomic E-state index is 14.5. The molecule has 1 aliphatic carbocycles. The molecular formula is C29H34F3NO3. The van der Waals surface area contributed by atoms with Crippen LogP contribution in [0, 0.1) is 40.6 Å². The van der Waals surface area contributed by atoms with Gasteiger partial charge in [0.25, 0.3) is 0 Å². The van der Waals surface area contributed by atoms with Crippen molar-refractivity contribution in [1.82, 2.24) is 0 Å². The maximum absolute atomic E-state index is 14.5. The van der Waals surface area contributed by atoms with Crippen molar-refractivity contribution in [2.24, 2.45) is 11.8 Å². The van der Waals surface area contributed by atoms with Crippen LogP contribution in [0.4, 0.5) is 13.2 Å². The van der Waals surface area contributed by atoms with Crippen molar-refractivity contribution in [3.63, 3.8) is 0 Å². The number of halogens is 3. The standard InChI is InChI=1S/C29H34F3NO3/c1-2-3-4-5-6-7-8-20-9-11-21(12-10-20)19-35-22-13-14-24(26(30)15-22)29(34)36-23-16-27(31)25(18-33)28(32)17-23/h13-17,20-21H,2-12,19H2,1H3. The van der Waals surface area contributed by atoms with Crippen LogP contribution in [0.25, 0.3) is 0 Å². The summed E-state index contributed by atoms with van der Waals surface area (Å²) in [5.41, 5.74) is -1.17. The summed E-state index contributed by atoms with van der Waals surface area (Å²) in [6.07, 6.45) is 13.9. The van der Waals surface area contributed by atoms with Crippen molar-refractivity contribution < 1.29 is 27.4 Å². The zero-order chi connectivity index (χ0) is 25.9. The van der Waals surface area contributed by atoms with Crippen LogP contribution in [0.2, 0.25) is 0 Å². The molecule has 0 radical (unpaired) electrons. The summed E-state index contributed by atoms with van der Waals surface area (Å²) in [4.78, 5) is 12.3. The normalized spacial score (nSPS) is 17.4. The molecule has 0 N–H and O–H groups in total. The van der Waals surface area contributed by atoms with Crippen LogP contribution in [0.3, 0.4) is 0 Å². The van der Waals surface area contributed by atoms with Gasteiger partial charge >= 0.3 is 5.97 Å². The number of nitriles is 1. The number of carbonyl (C=O) groups is 1. The smallest absolute Gasteiger partial charge is 0.346 e. The number of carbonyl (C=O) groups excluding carboxylic acids is 1. The lowest BCUT2D eigenvalue weighted by molar-refractivity contribution is 0.0729. The molecule has 2 aromatic rings. The van der Waals surface area contributed by atoms with Gasteiger partial charge in [-0.05, 0) is 36.8 Å². The first-order valence-electron chi connectivity index (χ1n) is 12.9. The largest absolute Gasteiger partial charge is 0.493 e. The number of benzene rings is 2. The Morgan fingerprint density at radius 1 is 0.889 bits per heavy atom. The summed E-state index contributed by atoms with van der Waals surface area (Å²) in [7, 11) is 0. The highest BCUT2D eigenvalue weighted by molar-refractivity contribution is 5.91. The van der Waals surface area contributed by atoms with Crippen LogP contribution >= 0.6 is 0 Å². The molecule has 7 heteroatoms. The highest BCUT2D eigenvalue weighted by Gasteiger charge is 2.22. The summed E-state index contributed by atoms with van der Waals surface area (Å²) in [5, 5.41) is 8.71. The molecule has 4 nitrogen and oxygen atoms in total. The van der Waals surface area contributed by atoms with Crippen molar-refractivity contribution >= 4 is 5.97 Å². The minimum absolute atomic E-state index is 0.314. The minimum atomic E-state index is -1.17. The van der Waals surface area contributed by atoms with Gasteiger partial charge < -0.3 is 9.47 Å². The number of rotatable bonds is 12. The van der Waals surface area contributed by atoms with Crippen LogP contribution < -0.4 is 9.47 Å². The van der Waals surface area contributed by atoms with E-state index in [-0.39, 0.29) is 5.56 Å². The molecule has 2 aromatic carbocycles. The molecule has 0 saturated heterocycles. The van der Waals surface area contributed by atoms with Crippen molar-refractivity contribution in [3.8, 4) is 17.6 Å². The Morgan fingerprint density at radius 3 is 2.14 bits per heavy atom. The molecule has 1 aliphatic rings. The zero-order valence-electron chi connectivity index (χ0n) is 20.8. The van der Waals surface area contributed by atoms with Crippen molar-refractivity contribution in [2.75, 3.05) is 6.61 Å². The van der Waals surface area contributed by atoms with E-state index in [4.69, 9.17) is 14.7 Å². The topological polar surface area (TPSA) is 59.3 Å². The number of nitrogens with zero attached hydrogens (tertiary/aromatic N) is 1. The number of hydrogen-bond acceptors (Lipinski definition) is 4. The molecule has 0 amide bonds. The van der Waals surface area contributed by atoms with Crippen molar-refractivity contribution in [1.29, 1.82) is 5.26 Å². The van der Waals surface area contributed by atoms with Gasteiger partial charge in [-0.1, -0.05) is 64.7 Å². The number of unbranched alkanes of at least 4 members (excludes halogenated alkanes) is 5. The molecule has 194 valence electrons. The summed E-state index contributed by atoms with van der Waals surface area (Å²) >= 11 is 0. The second kappa shape index (κ2) is 13.9.